The number of carbonyl (C=O) groups excluding carboxylic acids is 2. The van der Waals surface area contributed by atoms with Crippen molar-refractivity contribution in [3.05, 3.63) is 78.1 Å². The quantitative estimate of drug-likeness (QED) is 0.514. The van der Waals surface area contributed by atoms with Crippen LogP contribution in [0.5, 0.6) is 23.0 Å². The molecule has 166 valence electrons. The summed E-state index contributed by atoms with van der Waals surface area (Å²) in [4.78, 5) is 28.8. The predicted molar refractivity (Wildman–Crippen MR) is 117 cm³/mol. The molecule has 0 fully saturated rings. The Morgan fingerprint density at radius 3 is 2.44 bits per heavy atom. The SMILES string of the molecule is COc1ccnc(C(=O)N[C@@H](C)C(=O)O[C@@H](C)c2cccc(Oc3ccccc3)c2)c1O. The number of para-hydroxylation sites is 1. The van der Waals surface area contributed by atoms with Gasteiger partial charge in [0.25, 0.3) is 5.91 Å². The average molecular weight is 436 g/mol. The second-order valence-electron chi connectivity index (χ2n) is 6.97. The van der Waals surface area contributed by atoms with E-state index in [0.717, 1.165) is 5.56 Å². The fraction of sp³-hybridized carbons (Fsp3) is 0.208. The second-order valence-corrected chi connectivity index (χ2v) is 6.97. The van der Waals surface area contributed by atoms with Gasteiger partial charge in [0.1, 0.15) is 23.6 Å². The number of hydrogen-bond donors (Lipinski definition) is 2. The van der Waals surface area contributed by atoms with Crippen LogP contribution in [0, 0.1) is 0 Å². The van der Waals surface area contributed by atoms with Gasteiger partial charge in [0.2, 0.25) is 0 Å². The molecule has 3 aromatic rings. The zero-order valence-corrected chi connectivity index (χ0v) is 17.9. The molecule has 2 N–H and O–H groups in total. The number of carbonyl (C=O) groups is 2. The summed E-state index contributed by atoms with van der Waals surface area (Å²) < 4.78 is 16.3. The van der Waals surface area contributed by atoms with E-state index in [1.165, 1.54) is 26.3 Å². The first-order chi connectivity index (χ1) is 15.4. The van der Waals surface area contributed by atoms with Crippen LogP contribution in [0.1, 0.15) is 36.0 Å². The lowest BCUT2D eigenvalue weighted by molar-refractivity contribution is -0.150. The minimum Gasteiger partial charge on any atom is -0.503 e. The molecule has 3 rings (SSSR count). The number of esters is 1. The van der Waals surface area contributed by atoms with Crippen molar-refractivity contribution in [1.29, 1.82) is 0 Å². The van der Waals surface area contributed by atoms with Crippen molar-refractivity contribution in [3.63, 3.8) is 0 Å². The molecule has 0 aliphatic carbocycles. The van der Waals surface area contributed by atoms with E-state index in [1.807, 2.05) is 42.5 Å². The number of hydrogen-bond acceptors (Lipinski definition) is 7. The molecule has 0 radical (unpaired) electrons. The number of rotatable bonds is 8. The van der Waals surface area contributed by atoms with Gasteiger partial charge in [-0.2, -0.15) is 0 Å². The molecule has 0 aliphatic heterocycles. The first-order valence-corrected chi connectivity index (χ1v) is 9.95. The molecule has 0 bridgehead atoms. The number of amides is 1. The predicted octanol–water partition coefficient (Wildman–Crippen LogP) is 4.01. The lowest BCUT2D eigenvalue weighted by Crippen LogP contribution is -2.40. The standard InChI is InChI=1S/C24H24N2O6/c1-15(26-23(28)21-22(27)20(30-3)12-13-25-21)24(29)31-16(2)17-8-7-11-19(14-17)32-18-9-5-4-6-10-18/h4-16,27H,1-3H3,(H,26,28)/t15-,16-/m0/s1. The second kappa shape index (κ2) is 10.3. The Balaban J connectivity index is 1.61. The zero-order chi connectivity index (χ0) is 23.1. The van der Waals surface area contributed by atoms with E-state index < -0.39 is 29.8 Å². The van der Waals surface area contributed by atoms with E-state index in [4.69, 9.17) is 14.2 Å². The van der Waals surface area contributed by atoms with Gasteiger partial charge in [0.15, 0.2) is 17.2 Å². The van der Waals surface area contributed by atoms with Crippen LogP contribution in [0.25, 0.3) is 0 Å². The van der Waals surface area contributed by atoms with Gasteiger partial charge < -0.3 is 24.6 Å². The number of nitrogens with zero attached hydrogens (tertiary/aromatic N) is 1. The first kappa shape index (κ1) is 22.6. The van der Waals surface area contributed by atoms with E-state index in [-0.39, 0.29) is 11.4 Å². The Morgan fingerprint density at radius 1 is 1.00 bits per heavy atom. The maximum absolute atomic E-state index is 12.5. The molecule has 0 saturated heterocycles. The minimum atomic E-state index is -0.971. The van der Waals surface area contributed by atoms with Crippen LogP contribution < -0.4 is 14.8 Å². The minimum absolute atomic E-state index is 0.103. The lowest BCUT2D eigenvalue weighted by atomic mass is 10.1. The van der Waals surface area contributed by atoms with E-state index in [1.54, 1.807) is 19.1 Å². The van der Waals surface area contributed by atoms with Crippen molar-refractivity contribution in [2.45, 2.75) is 26.0 Å². The van der Waals surface area contributed by atoms with Crippen LogP contribution in [0.15, 0.2) is 66.9 Å². The Labute approximate surface area is 185 Å². The summed E-state index contributed by atoms with van der Waals surface area (Å²) in [6.45, 7) is 3.21. The molecule has 0 aliphatic rings. The van der Waals surface area contributed by atoms with E-state index in [9.17, 15) is 14.7 Å². The van der Waals surface area contributed by atoms with Gasteiger partial charge in [-0.05, 0) is 43.7 Å². The number of methoxy groups -OCH3 is 1. The Morgan fingerprint density at radius 2 is 1.72 bits per heavy atom. The summed E-state index contributed by atoms with van der Waals surface area (Å²) in [6.07, 6.45) is 0.743. The molecule has 8 nitrogen and oxygen atoms in total. The number of aromatic nitrogens is 1. The number of pyridine rings is 1. The third-order valence-electron chi connectivity index (χ3n) is 4.62. The zero-order valence-electron chi connectivity index (χ0n) is 17.9. The molecule has 0 spiro atoms. The van der Waals surface area contributed by atoms with Crippen LogP contribution in [0.4, 0.5) is 0 Å². The number of benzene rings is 2. The molecule has 0 unspecified atom stereocenters. The molecule has 32 heavy (non-hydrogen) atoms. The smallest absolute Gasteiger partial charge is 0.328 e. The molecular weight excluding hydrogens is 412 g/mol. The average Bonchev–Trinajstić information content (AvgIpc) is 2.80. The lowest BCUT2D eigenvalue weighted by Gasteiger charge is -2.19. The van der Waals surface area contributed by atoms with Gasteiger partial charge in [0.05, 0.1) is 7.11 Å². The van der Waals surface area contributed by atoms with Crippen molar-refractivity contribution in [2.75, 3.05) is 7.11 Å². The molecule has 8 heteroatoms. The monoisotopic (exact) mass is 436 g/mol. The van der Waals surface area contributed by atoms with Crippen LogP contribution >= 0.6 is 0 Å². The van der Waals surface area contributed by atoms with Gasteiger partial charge >= 0.3 is 5.97 Å². The van der Waals surface area contributed by atoms with Crippen molar-refractivity contribution in [3.8, 4) is 23.0 Å². The van der Waals surface area contributed by atoms with E-state index in [0.29, 0.717) is 11.5 Å². The molecule has 2 atom stereocenters. The number of aromatic hydroxyl groups is 1. The van der Waals surface area contributed by atoms with Gasteiger partial charge in [-0.3, -0.25) is 4.79 Å². The largest absolute Gasteiger partial charge is 0.503 e. The maximum Gasteiger partial charge on any atom is 0.328 e. The van der Waals surface area contributed by atoms with Gasteiger partial charge in [-0.15, -0.1) is 0 Å². The topological polar surface area (TPSA) is 107 Å². The molecule has 1 heterocycles. The van der Waals surface area contributed by atoms with Crippen LogP contribution in [-0.2, 0) is 9.53 Å². The highest BCUT2D eigenvalue weighted by Crippen LogP contribution is 2.28. The third-order valence-corrected chi connectivity index (χ3v) is 4.62. The van der Waals surface area contributed by atoms with Crippen LogP contribution in [0.3, 0.4) is 0 Å². The maximum atomic E-state index is 12.5. The van der Waals surface area contributed by atoms with E-state index in [2.05, 4.69) is 10.3 Å². The fourth-order valence-corrected chi connectivity index (χ4v) is 2.89. The van der Waals surface area contributed by atoms with Crippen molar-refractivity contribution >= 4 is 11.9 Å². The van der Waals surface area contributed by atoms with Crippen molar-refractivity contribution in [1.82, 2.24) is 10.3 Å². The first-order valence-electron chi connectivity index (χ1n) is 9.95. The Hall–Kier alpha value is -4.07. The molecule has 1 amide bonds. The molecule has 0 saturated carbocycles. The highest BCUT2D eigenvalue weighted by atomic mass is 16.5. The number of nitrogens with one attached hydrogen (secondary N) is 1. The highest BCUT2D eigenvalue weighted by Gasteiger charge is 2.24. The summed E-state index contributed by atoms with van der Waals surface area (Å²) >= 11 is 0. The Kier molecular flexibility index (Phi) is 7.28. The third kappa shape index (κ3) is 5.54. The molecule has 1 aromatic heterocycles. The summed E-state index contributed by atoms with van der Waals surface area (Å²) in [6, 6.07) is 17.0. The fourth-order valence-electron chi connectivity index (χ4n) is 2.89. The summed E-state index contributed by atoms with van der Waals surface area (Å²) in [5.41, 5.74) is 0.486. The molecular formula is C24H24N2O6. The summed E-state index contributed by atoms with van der Waals surface area (Å²) in [5, 5.41) is 12.5. The summed E-state index contributed by atoms with van der Waals surface area (Å²) in [5.74, 6) is -0.361. The van der Waals surface area contributed by atoms with Gasteiger partial charge in [0, 0.05) is 12.3 Å². The number of ether oxygens (including phenoxy) is 3. The van der Waals surface area contributed by atoms with Crippen LogP contribution in [0.2, 0.25) is 0 Å². The van der Waals surface area contributed by atoms with E-state index >= 15 is 0 Å². The normalized spacial score (nSPS) is 12.3. The Bertz CT molecular complexity index is 1090. The van der Waals surface area contributed by atoms with Crippen molar-refractivity contribution in [2.24, 2.45) is 0 Å². The van der Waals surface area contributed by atoms with Gasteiger partial charge in [-0.25, -0.2) is 9.78 Å². The summed E-state index contributed by atoms with van der Waals surface area (Å²) in [7, 11) is 1.36. The van der Waals surface area contributed by atoms with Crippen LogP contribution in [-0.4, -0.2) is 35.1 Å². The molecule has 2 aromatic carbocycles. The highest BCUT2D eigenvalue weighted by molar-refractivity contribution is 5.97. The van der Waals surface area contributed by atoms with Crippen molar-refractivity contribution < 1.29 is 28.9 Å². The van der Waals surface area contributed by atoms with Gasteiger partial charge in [-0.1, -0.05) is 30.3 Å².